The monoisotopic (exact) mass is 306 g/mol. The summed E-state index contributed by atoms with van der Waals surface area (Å²) in [6.07, 6.45) is 11.2. The minimum absolute atomic E-state index is 0.141. The molecule has 0 saturated heterocycles. The third-order valence-corrected chi connectivity index (χ3v) is 7.04. The summed E-state index contributed by atoms with van der Waals surface area (Å²) in [6, 6.07) is 0. The quantitative estimate of drug-likeness (QED) is 0.832. The molecule has 1 aromatic heterocycles. The molecule has 0 bridgehead atoms. The zero-order valence-corrected chi connectivity index (χ0v) is 14.9. The van der Waals surface area contributed by atoms with Crippen molar-refractivity contribution in [2.24, 2.45) is 5.41 Å². The molecule has 1 N–H and O–H groups in total. The van der Waals surface area contributed by atoms with Crippen LogP contribution in [-0.2, 0) is 11.0 Å². The number of thiazole rings is 1. The van der Waals surface area contributed by atoms with E-state index in [2.05, 4.69) is 38.5 Å². The Morgan fingerprint density at radius 3 is 2.14 bits per heavy atom. The van der Waals surface area contributed by atoms with Crippen LogP contribution in [0.2, 0.25) is 0 Å². The number of aromatic nitrogens is 1. The lowest BCUT2D eigenvalue weighted by Gasteiger charge is -2.44. The van der Waals surface area contributed by atoms with Crippen LogP contribution in [0.4, 0.5) is 0 Å². The molecule has 2 fully saturated rings. The molecule has 21 heavy (non-hydrogen) atoms. The van der Waals surface area contributed by atoms with E-state index in [4.69, 9.17) is 4.98 Å². The van der Waals surface area contributed by atoms with Crippen LogP contribution in [0.1, 0.15) is 82.8 Å². The van der Waals surface area contributed by atoms with Crippen molar-refractivity contribution in [3.63, 3.8) is 0 Å². The molecule has 2 aliphatic rings. The summed E-state index contributed by atoms with van der Waals surface area (Å²) >= 11 is 1.86. The average molecular weight is 307 g/mol. The molecule has 1 aromatic rings. The topological polar surface area (TPSA) is 24.9 Å². The van der Waals surface area contributed by atoms with Gasteiger partial charge < -0.3 is 5.32 Å². The van der Waals surface area contributed by atoms with Crippen molar-refractivity contribution in [2.45, 2.75) is 83.1 Å². The second-order valence-corrected chi connectivity index (χ2v) is 9.19. The minimum atomic E-state index is 0.141. The third kappa shape index (κ3) is 2.79. The predicted molar refractivity (Wildman–Crippen MR) is 90.9 cm³/mol. The SMILES string of the molecule is CNC1(c2nc(C(C)(C)C)cs2)CCC2(CCCC2)CC1. The van der Waals surface area contributed by atoms with E-state index in [1.165, 1.54) is 62.1 Å². The Kier molecular flexibility index (Phi) is 3.94. The van der Waals surface area contributed by atoms with Gasteiger partial charge in [0.15, 0.2) is 0 Å². The fraction of sp³-hybridized carbons (Fsp3) is 0.833. The Bertz CT molecular complexity index is 482. The number of hydrogen-bond acceptors (Lipinski definition) is 3. The first-order valence-corrected chi connectivity index (χ1v) is 9.43. The van der Waals surface area contributed by atoms with Gasteiger partial charge in [0, 0.05) is 10.8 Å². The fourth-order valence-electron chi connectivity index (χ4n) is 4.24. The summed E-state index contributed by atoms with van der Waals surface area (Å²) in [6.45, 7) is 6.77. The molecule has 2 nitrogen and oxygen atoms in total. The van der Waals surface area contributed by atoms with Gasteiger partial charge in [-0.1, -0.05) is 33.6 Å². The van der Waals surface area contributed by atoms with Crippen LogP contribution in [-0.4, -0.2) is 12.0 Å². The molecule has 2 aliphatic carbocycles. The highest BCUT2D eigenvalue weighted by Crippen LogP contribution is 2.53. The van der Waals surface area contributed by atoms with E-state index < -0.39 is 0 Å². The second-order valence-electron chi connectivity index (χ2n) is 8.33. The maximum atomic E-state index is 5.02. The highest BCUT2D eigenvalue weighted by atomic mass is 32.1. The van der Waals surface area contributed by atoms with E-state index in [0.717, 1.165) is 0 Å². The van der Waals surface area contributed by atoms with Crippen molar-refractivity contribution in [3.8, 4) is 0 Å². The van der Waals surface area contributed by atoms with Crippen LogP contribution in [0.3, 0.4) is 0 Å². The van der Waals surface area contributed by atoms with Gasteiger partial charge in [-0.05, 0) is 51.0 Å². The van der Waals surface area contributed by atoms with Crippen LogP contribution in [0.5, 0.6) is 0 Å². The first-order chi connectivity index (χ1) is 9.89. The van der Waals surface area contributed by atoms with E-state index >= 15 is 0 Å². The van der Waals surface area contributed by atoms with Crippen LogP contribution < -0.4 is 5.32 Å². The Labute approximate surface area is 133 Å². The Morgan fingerprint density at radius 1 is 1.05 bits per heavy atom. The van der Waals surface area contributed by atoms with Crippen LogP contribution in [0, 0.1) is 5.41 Å². The van der Waals surface area contributed by atoms with Gasteiger partial charge in [0.1, 0.15) is 5.01 Å². The van der Waals surface area contributed by atoms with Gasteiger partial charge in [-0.3, -0.25) is 0 Å². The van der Waals surface area contributed by atoms with Crippen molar-refractivity contribution in [1.82, 2.24) is 10.3 Å². The van der Waals surface area contributed by atoms with E-state index in [1.807, 2.05) is 11.3 Å². The molecule has 1 heterocycles. The Morgan fingerprint density at radius 2 is 1.67 bits per heavy atom. The lowest BCUT2D eigenvalue weighted by Crippen LogP contribution is -2.45. The Hall–Kier alpha value is -0.410. The highest BCUT2D eigenvalue weighted by molar-refractivity contribution is 7.09. The smallest absolute Gasteiger partial charge is 0.113 e. The summed E-state index contributed by atoms with van der Waals surface area (Å²) < 4.78 is 0. The lowest BCUT2D eigenvalue weighted by atomic mass is 9.66. The van der Waals surface area contributed by atoms with Crippen LogP contribution >= 0.6 is 11.3 Å². The molecule has 3 heteroatoms. The van der Waals surface area contributed by atoms with Gasteiger partial charge in [0.25, 0.3) is 0 Å². The maximum absolute atomic E-state index is 5.02. The number of nitrogens with zero attached hydrogens (tertiary/aromatic N) is 1. The van der Waals surface area contributed by atoms with Gasteiger partial charge >= 0.3 is 0 Å². The molecule has 0 radical (unpaired) electrons. The summed E-state index contributed by atoms with van der Waals surface area (Å²) in [4.78, 5) is 5.02. The maximum Gasteiger partial charge on any atom is 0.113 e. The highest BCUT2D eigenvalue weighted by Gasteiger charge is 2.45. The van der Waals surface area contributed by atoms with Gasteiger partial charge in [0.05, 0.1) is 11.2 Å². The van der Waals surface area contributed by atoms with Crippen molar-refractivity contribution in [1.29, 1.82) is 0 Å². The van der Waals surface area contributed by atoms with Crippen molar-refractivity contribution in [2.75, 3.05) is 7.05 Å². The van der Waals surface area contributed by atoms with E-state index in [1.54, 1.807) is 0 Å². The zero-order valence-electron chi connectivity index (χ0n) is 14.1. The van der Waals surface area contributed by atoms with E-state index in [-0.39, 0.29) is 11.0 Å². The number of nitrogens with one attached hydrogen (secondary N) is 1. The summed E-state index contributed by atoms with van der Waals surface area (Å²) in [7, 11) is 2.13. The largest absolute Gasteiger partial charge is 0.308 e. The number of rotatable bonds is 2. The minimum Gasteiger partial charge on any atom is -0.308 e. The van der Waals surface area contributed by atoms with Crippen molar-refractivity contribution >= 4 is 11.3 Å². The third-order valence-electron chi connectivity index (χ3n) is 5.99. The summed E-state index contributed by atoms with van der Waals surface area (Å²) in [5.41, 5.74) is 2.23. The normalized spacial score (nSPS) is 24.6. The molecule has 118 valence electrons. The molecule has 0 amide bonds. The Balaban J connectivity index is 1.80. The molecular formula is C18H30N2S. The summed E-state index contributed by atoms with van der Waals surface area (Å²) in [5, 5.41) is 7.25. The van der Waals surface area contributed by atoms with Gasteiger partial charge in [-0.15, -0.1) is 11.3 Å². The van der Waals surface area contributed by atoms with Gasteiger partial charge in [-0.25, -0.2) is 4.98 Å². The molecule has 0 unspecified atom stereocenters. The predicted octanol–water partition coefficient (Wildman–Crippen LogP) is 4.99. The average Bonchev–Trinajstić information content (AvgIpc) is 3.10. The number of hydrogen-bond donors (Lipinski definition) is 1. The van der Waals surface area contributed by atoms with Crippen LogP contribution in [0.15, 0.2) is 5.38 Å². The molecule has 0 aliphatic heterocycles. The standard InChI is InChI=1S/C18H30N2S/c1-16(2,3)14-13-21-15(20-14)18(19-4)11-9-17(10-12-18)7-5-6-8-17/h13,19H,5-12H2,1-4H3. The molecule has 0 aromatic carbocycles. The van der Waals surface area contributed by atoms with Gasteiger partial charge in [0.2, 0.25) is 0 Å². The zero-order chi connectivity index (χ0) is 15.1. The second kappa shape index (κ2) is 5.34. The van der Waals surface area contributed by atoms with Gasteiger partial charge in [-0.2, -0.15) is 0 Å². The first kappa shape index (κ1) is 15.5. The molecule has 1 spiro atoms. The van der Waals surface area contributed by atoms with Crippen LogP contribution in [0.25, 0.3) is 0 Å². The van der Waals surface area contributed by atoms with Crippen molar-refractivity contribution < 1.29 is 0 Å². The fourth-order valence-corrected chi connectivity index (χ4v) is 5.55. The lowest BCUT2D eigenvalue weighted by molar-refractivity contribution is 0.114. The summed E-state index contributed by atoms with van der Waals surface area (Å²) in [5.74, 6) is 0. The molecule has 0 atom stereocenters. The molecule has 3 rings (SSSR count). The van der Waals surface area contributed by atoms with Crippen molar-refractivity contribution in [3.05, 3.63) is 16.1 Å². The molecular weight excluding hydrogens is 276 g/mol. The first-order valence-electron chi connectivity index (χ1n) is 8.55. The molecule has 2 saturated carbocycles. The van der Waals surface area contributed by atoms with E-state index in [9.17, 15) is 0 Å². The van der Waals surface area contributed by atoms with E-state index in [0.29, 0.717) is 5.41 Å².